The van der Waals surface area contributed by atoms with Crippen molar-refractivity contribution >= 4 is 11.8 Å². The van der Waals surface area contributed by atoms with Gasteiger partial charge in [-0.15, -0.1) is 0 Å². The molecule has 190 valence electrons. The molecule has 2 aromatic rings. The van der Waals surface area contributed by atoms with Crippen molar-refractivity contribution in [2.45, 2.75) is 52.4 Å². The number of allylic oxidation sites excluding steroid dienone is 3. The number of benzene rings is 2. The van der Waals surface area contributed by atoms with Crippen LogP contribution in [0.15, 0.2) is 65.0 Å². The molecule has 0 aromatic heterocycles. The molecular weight excluding hydrogens is 454 g/mol. The van der Waals surface area contributed by atoms with Crippen molar-refractivity contribution in [1.29, 1.82) is 0 Å². The largest absolute Gasteiger partial charge is 0.493 e. The summed E-state index contributed by atoms with van der Waals surface area (Å²) in [5, 5.41) is 3.42. The van der Waals surface area contributed by atoms with Gasteiger partial charge < -0.3 is 19.5 Å². The quantitative estimate of drug-likeness (QED) is 0.513. The number of Topliss-reactive ketones (excluding diaryl/α,β-unsaturated/α-hetero) is 1. The number of hydrogen-bond acceptors (Lipinski definition) is 6. The van der Waals surface area contributed by atoms with Crippen LogP contribution in [0.3, 0.4) is 0 Å². The minimum Gasteiger partial charge on any atom is -0.493 e. The summed E-state index contributed by atoms with van der Waals surface area (Å²) in [5.41, 5.74) is 5.80. The number of dihydropyridines is 1. The Morgan fingerprint density at radius 3 is 2.42 bits per heavy atom. The molecule has 4 rings (SSSR count). The first-order valence-electron chi connectivity index (χ1n) is 12.4. The van der Waals surface area contributed by atoms with E-state index in [0.29, 0.717) is 42.1 Å². The van der Waals surface area contributed by atoms with E-state index in [-0.39, 0.29) is 23.6 Å². The molecule has 36 heavy (non-hydrogen) atoms. The summed E-state index contributed by atoms with van der Waals surface area (Å²) in [7, 11) is 3.22. The Morgan fingerprint density at radius 1 is 1.03 bits per heavy atom. The van der Waals surface area contributed by atoms with Crippen molar-refractivity contribution in [1.82, 2.24) is 5.32 Å². The topological polar surface area (TPSA) is 73.9 Å². The van der Waals surface area contributed by atoms with Crippen LogP contribution in [0, 0.1) is 12.8 Å². The molecule has 0 saturated heterocycles. The zero-order valence-corrected chi connectivity index (χ0v) is 21.9. The van der Waals surface area contributed by atoms with E-state index < -0.39 is 5.92 Å². The summed E-state index contributed by atoms with van der Waals surface area (Å²) in [6, 6.07) is 13.8. The van der Waals surface area contributed by atoms with Crippen molar-refractivity contribution in [3.8, 4) is 11.5 Å². The summed E-state index contributed by atoms with van der Waals surface area (Å²) in [6.07, 6.45) is 1.01. The van der Waals surface area contributed by atoms with Crippen LogP contribution in [0.2, 0.25) is 0 Å². The van der Waals surface area contributed by atoms with E-state index in [2.05, 4.69) is 5.32 Å². The maximum absolute atomic E-state index is 13.8. The molecule has 1 aliphatic carbocycles. The third-order valence-corrected chi connectivity index (χ3v) is 6.97. The lowest BCUT2D eigenvalue weighted by Crippen LogP contribution is -2.36. The molecule has 2 atom stereocenters. The molecule has 2 aromatic carbocycles. The van der Waals surface area contributed by atoms with Crippen LogP contribution in [-0.4, -0.2) is 32.6 Å². The SMILES string of the molecule is COc1ccc([C@@H]2CC(=O)C3=C(C2)NC(C)=C(C(=O)OCC(C)C)[C@H]3c2ccccc2C)cc1OC. The van der Waals surface area contributed by atoms with E-state index in [1.807, 2.05) is 70.2 Å². The number of carbonyl (C=O) groups excluding carboxylic acids is 2. The molecule has 0 unspecified atom stereocenters. The van der Waals surface area contributed by atoms with Gasteiger partial charge >= 0.3 is 5.97 Å². The van der Waals surface area contributed by atoms with Gasteiger partial charge in [-0.2, -0.15) is 0 Å². The van der Waals surface area contributed by atoms with E-state index in [9.17, 15) is 9.59 Å². The van der Waals surface area contributed by atoms with Crippen LogP contribution in [0.1, 0.15) is 62.1 Å². The maximum Gasteiger partial charge on any atom is 0.336 e. The number of nitrogens with one attached hydrogen (secondary N) is 1. The lowest BCUT2D eigenvalue weighted by atomic mass is 9.71. The third-order valence-electron chi connectivity index (χ3n) is 6.97. The number of esters is 1. The van der Waals surface area contributed by atoms with Crippen LogP contribution in [0.5, 0.6) is 11.5 Å². The summed E-state index contributed by atoms with van der Waals surface area (Å²) >= 11 is 0. The van der Waals surface area contributed by atoms with Crippen LogP contribution >= 0.6 is 0 Å². The van der Waals surface area contributed by atoms with E-state index in [1.54, 1.807) is 14.2 Å². The fraction of sp³-hybridized carbons (Fsp3) is 0.400. The molecular formula is C30H35NO5. The number of ketones is 1. The van der Waals surface area contributed by atoms with Gasteiger partial charge in [-0.05, 0) is 60.9 Å². The highest BCUT2D eigenvalue weighted by Crippen LogP contribution is 2.47. The molecule has 1 aliphatic heterocycles. The van der Waals surface area contributed by atoms with Gasteiger partial charge in [0.05, 0.1) is 26.4 Å². The molecule has 1 N–H and O–H groups in total. The Labute approximate surface area is 213 Å². The van der Waals surface area contributed by atoms with Crippen molar-refractivity contribution in [2.75, 3.05) is 20.8 Å². The van der Waals surface area contributed by atoms with E-state index in [4.69, 9.17) is 14.2 Å². The number of hydrogen-bond donors (Lipinski definition) is 1. The van der Waals surface area contributed by atoms with E-state index >= 15 is 0 Å². The molecule has 6 heteroatoms. The third kappa shape index (κ3) is 4.90. The average Bonchev–Trinajstić information content (AvgIpc) is 2.86. The molecule has 0 radical (unpaired) electrons. The molecule has 0 saturated carbocycles. The fourth-order valence-corrected chi connectivity index (χ4v) is 5.19. The zero-order chi connectivity index (χ0) is 26.0. The Hall–Kier alpha value is -3.54. The predicted octanol–water partition coefficient (Wildman–Crippen LogP) is 5.57. The van der Waals surface area contributed by atoms with Gasteiger partial charge in [-0.25, -0.2) is 4.79 Å². The predicted molar refractivity (Wildman–Crippen MR) is 139 cm³/mol. The Morgan fingerprint density at radius 2 is 1.75 bits per heavy atom. The summed E-state index contributed by atoms with van der Waals surface area (Å²) < 4.78 is 16.5. The first-order valence-corrected chi connectivity index (χ1v) is 12.4. The Balaban J connectivity index is 1.76. The summed E-state index contributed by atoms with van der Waals surface area (Å²) in [5.74, 6) is 0.715. The van der Waals surface area contributed by atoms with Crippen molar-refractivity contribution in [2.24, 2.45) is 5.92 Å². The van der Waals surface area contributed by atoms with Crippen LogP contribution < -0.4 is 14.8 Å². The molecule has 0 fully saturated rings. The second-order valence-corrected chi connectivity index (χ2v) is 9.98. The van der Waals surface area contributed by atoms with Crippen LogP contribution in [0.25, 0.3) is 0 Å². The summed E-state index contributed by atoms with van der Waals surface area (Å²) in [4.78, 5) is 27.1. The highest BCUT2D eigenvalue weighted by molar-refractivity contribution is 6.04. The first-order chi connectivity index (χ1) is 17.2. The van der Waals surface area contributed by atoms with Gasteiger partial charge in [0, 0.05) is 29.3 Å². The van der Waals surface area contributed by atoms with Gasteiger partial charge in [0.25, 0.3) is 0 Å². The number of carbonyl (C=O) groups is 2. The van der Waals surface area contributed by atoms with E-state index in [0.717, 1.165) is 28.1 Å². The number of aryl methyl sites for hydroxylation is 1. The molecule has 0 bridgehead atoms. The normalized spacial score (nSPS) is 19.7. The number of methoxy groups -OCH3 is 2. The molecule has 1 heterocycles. The Bertz CT molecular complexity index is 1240. The van der Waals surface area contributed by atoms with Crippen LogP contribution in [0.4, 0.5) is 0 Å². The van der Waals surface area contributed by atoms with Crippen molar-refractivity contribution in [3.63, 3.8) is 0 Å². The van der Waals surface area contributed by atoms with E-state index in [1.165, 1.54) is 0 Å². The van der Waals surface area contributed by atoms with Gasteiger partial charge in [0.15, 0.2) is 17.3 Å². The smallest absolute Gasteiger partial charge is 0.336 e. The lowest BCUT2D eigenvalue weighted by molar-refractivity contribution is -0.140. The second kappa shape index (κ2) is 10.6. The van der Waals surface area contributed by atoms with Crippen molar-refractivity contribution < 1.29 is 23.8 Å². The monoisotopic (exact) mass is 489 g/mol. The lowest BCUT2D eigenvalue weighted by Gasteiger charge is -2.37. The van der Waals surface area contributed by atoms with Gasteiger partial charge in [0.1, 0.15) is 0 Å². The second-order valence-electron chi connectivity index (χ2n) is 9.98. The minimum absolute atomic E-state index is 0.0108. The zero-order valence-electron chi connectivity index (χ0n) is 21.9. The Kier molecular flexibility index (Phi) is 7.53. The number of rotatable bonds is 7. The number of ether oxygens (including phenoxy) is 3. The van der Waals surface area contributed by atoms with Gasteiger partial charge in [-0.3, -0.25) is 4.79 Å². The molecule has 0 amide bonds. The van der Waals surface area contributed by atoms with Gasteiger partial charge in [-0.1, -0.05) is 44.2 Å². The molecule has 2 aliphatic rings. The standard InChI is InChI=1S/C30H35NO5/c1-17(2)16-36-30(33)27-19(4)31-23-13-21(20-11-12-25(34-5)26(15-20)35-6)14-24(32)29(23)28(27)22-10-8-7-9-18(22)3/h7-12,15,17,21,28,31H,13-14,16H2,1-6H3/t21-,28+/m0/s1. The van der Waals surface area contributed by atoms with Crippen molar-refractivity contribution in [3.05, 3.63) is 81.7 Å². The summed E-state index contributed by atoms with van der Waals surface area (Å²) in [6.45, 7) is 8.25. The van der Waals surface area contributed by atoms with Gasteiger partial charge in [0.2, 0.25) is 0 Å². The minimum atomic E-state index is -0.457. The van der Waals surface area contributed by atoms with Crippen LogP contribution in [-0.2, 0) is 14.3 Å². The molecule has 6 nitrogen and oxygen atoms in total. The maximum atomic E-state index is 13.8. The average molecular weight is 490 g/mol. The fourth-order valence-electron chi connectivity index (χ4n) is 5.19. The highest BCUT2D eigenvalue weighted by Gasteiger charge is 2.42. The molecule has 0 spiro atoms. The first kappa shape index (κ1) is 25.5. The highest BCUT2D eigenvalue weighted by atomic mass is 16.5.